The number of hydrogen-bond acceptors (Lipinski definition) is 1. The lowest BCUT2D eigenvalue weighted by atomic mass is 10.1. The van der Waals surface area contributed by atoms with Crippen molar-refractivity contribution in [2.75, 3.05) is 0 Å². The Kier molecular flexibility index (Phi) is 6.54. The van der Waals surface area contributed by atoms with Crippen LogP contribution in [0.3, 0.4) is 0 Å². The Bertz CT molecular complexity index is 162. The summed E-state index contributed by atoms with van der Waals surface area (Å²) in [6.45, 7) is 5.84. The predicted molar refractivity (Wildman–Crippen MR) is 54.3 cm³/mol. The lowest BCUT2D eigenvalue weighted by molar-refractivity contribution is 0.409. The summed E-state index contributed by atoms with van der Waals surface area (Å²) in [6.07, 6.45) is 9.06. The van der Waals surface area contributed by atoms with Crippen molar-refractivity contribution in [1.29, 1.82) is 0 Å². The van der Waals surface area contributed by atoms with Crippen molar-refractivity contribution < 1.29 is 5.11 Å². The van der Waals surface area contributed by atoms with Gasteiger partial charge in [0.05, 0.1) is 5.76 Å². The van der Waals surface area contributed by atoms with Crippen LogP contribution < -0.4 is 0 Å². The van der Waals surface area contributed by atoms with Crippen LogP contribution in [0, 0.1) is 0 Å². The van der Waals surface area contributed by atoms with Gasteiger partial charge in [0.15, 0.2) is 0 Å². The third-order valence-corrected chi connectivity index (χ3v) is 1.91. The van der Waals surface area contributed by atoms with Crippen LogP contribution in [0.2, 0.25) is 0 Å². The zero-order valence-electron chi connectivity index (χ0n) is 8.43. The normalized spacial score (nSPS) is 13.6. The molecule has 0 aliphatic carbocycles. The highest BCUT2D eigenvalue weighted by molar-refractivity contribution is 5.17. The molecule has 12 heavy (non-hydrogen) atoms. The average Bonchev–Trinajstić information content (AvgIpc) is 2.03. The van der Waals surface area contributed by atoms with Gasteiger partial charge in [-0.05, 0) is 32.3 Å². The largest absolute Gasteiger partial charge is 0.512 e. The van der Waals surface area contributed by atoms with Crippen LogP contribution in [0.5, 0.6) is 0 Å². The van der Waals surface area contributed by atoms with E-state index in [4.69, 9.17) is 5.11 Å². The molecule has 0 heterocycles. The standard InChI is InChI=1S/C11H20O/c1-4-5-6-7-8-9-10(2)11(3)12/h8-9,12H,4-7H2,1-3H3. The lowest BCUT2D eigenvalue weighted by Gasteiger charge is -1.94. The van der Waals surface area contributed by atoms with Crippen molar-refractivity contribution in [3.05, 3.63) is 23.5 Å². The summed E-state index contributed by atoms with van der Waals surface area (Å²) in [5.74, 6) is 0.418. The molecule has 0 spiro atoms. The Balaban J connectivity index is 3.56. The van der Waals surface area contributed by atoms with Crippen molar-refractivity contribution in [3.63, 3.8) is 0 Å². The van der Waals surface area contributed by atoms with E-state index < -0.39 is 0 Å². The molecule has 0 aliphatic heterocycles. The van der Waals surface area contributed by atoms with Crippen LogP contribution in [0.15, 0.2) is 23.5 Å². The minimum absolute atomic E-state index is 0.418. The first-order valence-electron chi connectivity index (χ1n) is 4.71. The number of aliphatic hydroxyl groups excluding tert-OH is 1. The molecule has 0 saturated heterocycles. The summed E-state index contributed by atoms with van der Waals surface area (Å²) >= 11 is 0. The van der Waals surface area contributed by atoms with Crippen LogP contribution in [0.4, 0.5) is 0 Å². The molecule has 0 atom stereocenters. The van der Waals surface area contributed by atoms with Gasteiger partial charge in [-0.2, -0.15) is 0 Å². The Labute approximate surface area is 75.8 Å². The summed E-state index contributed by atoms with van der Waals surface area (Å²) in [6, 6.07) is 0. The zero-order valence-corrected chi connectivity index (χ0v) is 8.43. The fraction of sp³-hybridized carbons (Fsp3) is 0.636. The topological polar surface area (TPSA) is 20.2 Å². The van der Waals surface area contributed by atoms with Gasteiger partial charge in [0.1, 0.15) is 0 Å². The maximum Gasteiger partial charge on any atom is 0.0920 e. The molecule has 0 fully saturated rings. The molecule has 0 aromatic heterocycles. The SMILES string of the molecule is CCCCCC=CC(C)=C(C)O. The van der Waals surface area contributed by atoms with E-state index in [-0.39, 0.29) is 0 Å². The number of aliphatic hydroxyl groups is 1. The van der Waals surface area contributed by atoms with E-state index in [1.807, 2.05) is 13.0 Å². The molecule has 1 heteroatoms. The van der Waals surface area contributed by atoms with Gasteiger partial charge in [-0.25, -0.2) is 0 Å². The maximum atomic E-state index is 9.05. The van der Waals surface area contributed by atoms with E-state index in [0.29, 0.717) is 5.76 Å². The highest BCUT2D eigenvalue weighted by Crippen LogP contribution is 2.04. The van der Waals surface area contributed by atoms with E-state index in [1.54, 1.807) is 6.92 Å². The highest BCUT2D eigenvalue weighted by Gasteiger charge is 1.87. The molecular weight excluding hydrogens is 148 g/mol. The molecule has 0 aliphatic rings. The number of hydrogen-bond donors (Lipinski definition) is 1. The molecule has 0 unspecified atom stereocenters. The molecule has 0 saturated carbocycles. The zero-order chi connectivity index (χ0) is 9.40. The summed E-state index contributed by atoms with van der Waals surface area (Å²) < 4.78 is 0. The van der Waals surface area contributed by atoms with E-state index in [0.717, 1.165) is 12.0 Å². The minimum atomic E-state index is 0.418. The van der Waals surface area contributed by atoms with Crippen LogP contribution >= 0.6 is 0 Å². The van der Waals surface area contributed by atoms with E-state index in [9.17, 15) is 0 Å². The predicted octanol–water partition coefficient (Wildman–Crippen LogP) is 3.97. The highest BCUT2D eigenvalue weighted by atomic mass is 16.3. The quantitative estimate of drug-likeness (QED) is 0.374. The van der Waals surface area contributed by atoms with Gasteiger partial charge >= 0.3 is 0 Å². The van der Waals surface area contributed by atoms with E-state index in [1.165, 1.54) is 19.3 Å². The molecule has 1 N–H and O–H groups in total. The summed E-state index contributed by atoms with van der Waals surface area (Å²) in [5, 5.41) is 9.05. The molecule has 1 nitrogen and oxygen atoms in total. The van der Waals surface area contributed by atoms with Crippen LogP contribution in [-0.2, 0) is 0 Å². The fourth-order valence-electron chi connectivity index (χ4n) is 0.893. The van der Waals surface area contributed by atoms with Gasteiger partial charge in [-0.3, -0.25) is 0 Å². The number of unbranched alkanes of at least 4 members (excludes halogenated alkanes) is 3. The Morgan fingerprint density at radius 1 is 1.25 bits per heavy atom. The van der Waals surface area contributed by atoms with Gasteiger partial charge in [-0.15, -0.1) is 0 Å². The molecule has 0 aromatic rings. The van der Waals surface area contributed by atoms with Crippen LogP contribution in [-0.4, -0.2) is 5.11 Å². The van der Waals surface area contributed by atoms with Crippen molar-refractivity contribution in [2.45, 2.75) is 46.5 Å². The average molecular weight is 168 g/mol. The summed E-state index contributed by atoms with van der Waals surface area (Å²) in [7, 11) is 0. The molecule has 0 radical (unpaired) electrons. The first-order chi connectivity index (χ1) is 5.68. The van der Waals surface area contributed by atoms with Crippen molar-refractivity contribution in [1.82, 2.24) is 0 Å². The molecule has 70 valence electrons. The summed E-state index contributed by atoms with van der Waals surface area (Å²) in [4.78, 5) is 0. The molecule has 0 amide bonds. The molecule has 0 aromatic carbocycles. The van der Waals surface area contributed by atoms with Gasteiger partial charge < -0.3 is 5.11 Å². The minimum Gasteiger partial charge on any atom is -0.512 e. The second-order valence-corrected chi connectivity index (χ2v) is 3.17. The van der Waals surface area contributed by atoms with Gasteiger partial charge in [0.25, 0.3) is 0 Å². The smallest absolute Gasteiger partial charge is 0.0920 e. The van der Waals surface area contributed by atoms with Crippen LogP contribution in [0.1, 0.15) is 46.5 Å². The number of rotatable bonds is 5. The Hall–Kier alpha value is -0.720. The molecule has 0 bridgehead atoms. The molecular formula is C11H20O. The van der Waals surface area contributed by atoms with Gasteiger partial charge in [0.2, 0.25) is 0 Å². The molecule has 0 rings (SSSR count). The van der Waals surface area contributed by atoms with Crippen molar-refractivity contribution in [2.24, 2.45) is 0 Å². The second-order valence-electron chi connectivity index (χ2n) is 3.17. The third-order valence-electron chi connectivity index (χ3n) is 1.91. The van der Waals surface area contributed by atoms with E-state index >= 15 is 0 Å². The first-order valence-corrected chi connectivity index (χ1v) is 4.71. The fourth-order valence-corrected chi connectivity index (χ4v) is 0.893. The van der Waals surface area contributed by atoms with E-state index in [2.05, 4.69) is 13.0 Å². The van der Waals surface area contributed by atoms with Crippen molar-refractivity contribution in [3.8, 4) is 0 Å². The van der Waals surface area contributed by atoms with Gasteiger partial charge in [-0.1, -0.05) is 31.9 Å². The van der Waals surface area contributed by atoms with Crippen LogP contribution in [0.25, 0.3) is 0 Å². The summed E-state index contributed by atoms with van der Waals surface area (Å²) in [5.41, 5.74) is 0.964. The third kappa shape index (κ3) is 6.02. The second kappa shape index (κ2) is 6.96. The number of allylic oxidation sites excluding steroid dienone is 4. The Morgan fingerprint density at radius 3 is 2.42 bits per heavy atom. The maximum absolute atomic E-state index is 9.05. The van der Waals surface area contributed by atoms with Crippen molar-refractivity contribution >= 4 is 0 Å². The van der Waals surface area contributed by atoms with Gasteiger partial charge in [0, 0.05) is 0 Å². The first kappa shape index (κ1) is 11.3. The Morgan fingerprint density at radius 2 is 1.92 bits per heavy atom. The lowest BCUT2D eigenvalue weighted by Crippen LogP contribution is -1.77. The monoisotopic (exact) mass is 168 g/mol.